The molecule has 1 aromatic heterocycles. The molecule has 0 spiro atoms. The number of aryl methyl sites for hydroxylation is 1. The first-order valence-electron chi connectivity index (χ1n) is 20.9. The smallest absolute Gasteiger partial charge is 0.402 e. The van der Waals surface area contributed by atoms with Crippen LogP contribution in [-0.2, 0) is 25.5 Å². The Morgan fingerprint density at radius 2 is 1.47 bits per heavy atom. The zero-order chi connectivity index (χ0) is 42.4. The standard InChI is InChI=1S/C48H57F3N4O4Si/c1-35-18-19-36(30-43(35)47(2,3)4)45(59-60(41-14-8-6-9-15-41)42-16-10-7-11-17-42)44-33-52(22-23-53-26-27-58-40(32-53)34-57-5)24-25-55(44)46(56)37-28-38(48(49,50)51)31-39(29-37)54-20-12-13-21-54/h6-21,28-31,40,44-45,60H,22-27,32-34H2,1-5H3/t40-,44+,45?/m0/s1. The highest BCUT2D eigenvalue weighted by Gasteiger charge is 2.41. The van der Waals surface area contributed by atoms with E-state index in [0.717, 1.165) is 59.8 Å². The number of methoxy groups -OCH3 is 1. The lowest BCUT2D eigenvalue weighted by Gasteiger charge is -2.46. The molecular formula is C48H57F3N4O4Si. The molecule has 3 heterocycles. The Morgan fingerprint density at radius 3 is 2.08 bits per heavy atom. The average molecular weight is 839 g/mol. The van der Waals surface area contributed by atoms with Crippen LogP contribution in [0.3, 0.4) is 0 Å². The normalized spacial score (nSPS) is 18.9. The van der Waals surface area contributed by atoms with Gasteiger partial charge in [0, 0.05) is 76.6 Å². The fraction of sp³-hybridized carbons (Fsp3) is 0.396. The minimum Gasteiger partial charge on any atom is -0.402 e. The van der Waals surface area contributed by atoms with Crippen LogP contribution in [0.1, 0.15) is 59.5 Å². The van der Waals surface area contributed by atoms with Crippen molar-refractivity contribution in [3.8, 4) is 5.69 Å². The molecule has 3 atom stereocenters. The second-order valence-electron chi connectivity index (χ2n) is 17.1. The zero-order valence-corrected chi connectivity index (χ0v) is 36.4. The Kier molecular flexibility index (Phi) is 13.8. The molecule has 2 saturated heterocycles. The number of piperazine rings is 1. The summed E-state index contributed by atoms with van der Waals surface area (Å²) in [6.07, 6.45) is -1.89. The van der Waals surface area contributed by atoms with Crippen LogP contribution in [0, 0.1) is 6.92 Å². The van der Waals surface area contributed by atoms with Crippen molar-refractivity contribution < 1.29 is 31.9 Å². The monoisotopic (exact) mass is 838 g/mol. The molecule has 0 aliphatic carbocycles. The van der Waals surface area contributed by atoms with Gasteiger partial charge in [-0.1, -0.05) is 99.6 Å². The van der Waals surface area contributed by atoms with Crippen LogP contribution in [0.4, 0.5) is 13.2 Å². The molecule has 1 amide bonds. The molecule has 5 aromatic rings. The number of carbonyl (C=O) groups excluding carboxylic acids is 1. The second kappa shape index (κ2) is 19.0. The van der Waals surface area contributed by atoms with Gasteiger partial charge in [-0.15, -0.1) is 0 Å². The van der Waals surface area contributed by atoms with Gasteiger partial charge in [0.2, 0.25) is 9.04 Å². The molecule has 4 aromatic carbocycles. The summed E-state index contributed by atoms with van der Waals surface area (Å²) in [7, 11) is -0.756. The minimum absolute atomic E-state index is 0.00376. The van der Waals surface area contributed by atoms with Gasteiger partial charge in [0.05, 0.1) is 37.0 Å². The molecule has 0 N–H and O–H groups in total. The van der Waals surface area contributed by atoms with Crippen LogP contribution in [0.25, 0.3) is 5.69 Å². The summed E-state index contributed by atoms with van der Waals surface area (Å²) in [6.45, 7) is 14.3. The molecule has 7 rings (SSSR count). The van der Waals surface area contributed by atoms with Crippen molar-refractivity contribution in [3.05, 3.63) is 149 Å². The molecule has 2 fully saturated rings. The van der Waals surface area contributed by atoms with Crippen LogP contribution in [-0.4, -0.2) is 112 Å². The average Bonchev–Trinajstić information content (AvgIpc) is 3.79. The molecule has 2 aliphatic heterocycles. The Morgan fingerprint density at radius 1 is 0.817 bits per heavy atom. The molecule has 0 saturated carbocycles. The number of amides is 1. The fourth-order valence-corrected chi connectivity index (χ4v) is 11.1. The Hall–Kier alpha value is -4.56. The van der Waals surface area contributed by atoms with E-state index in [0.29, 0.717) is 32.8 Å². The van der Waals surface area contributed by atoms with E-state index < -0.39 is 38.8 Å². The van der Waals surface area contributed by atoms with Crippen molar-refractivity contribution in [2.75, 3.05) is 66.1 Å². The minimum atomic E-state index is -4.65. The van der Waals surface area contributed by atoms with E-state index in [1.165, 1.54) is 5.56 Å². The van der Waals surface area contributed by atoms with E-state index in [1.54, 1.807) is 47.2 Å². The van der Waals surface area contributed by atoms with Gasteiger partial charge < -0.3 is 23.4 Å². The number of hydrogen-bond donors (Lipinski definition) is 0. The van der Waals surface area contributed by atoms with Crippen LogP contribution >= 0.6 is 0 Å². The van der Waals surface area contributed by atoms with Gasteiger partial charge in [0.25, 0.3) is 5.91 Å². The number of aromatic nitrogens is 1. The Labute approximate surface area is 354 Å². The third-order valence-electron chi connectivity index (χ3n) is 11.7. The molecule has 8 nitrogen and oxygen atoms in total. The molecule has 12 heteroatoms. The zero-order valence-electron chi connectivity index (χ0n) is 35.3. The van der Waals surface area contributed by atoms with Gasteiger partial charge in [-0.25, -0.2) is 0 Å². The number of nitrogens with zero attached hydrogens (tertiary/aromatic N) is 4. The first-order valence-corrected chi connectivity index (χ1v) is 22.5. The fourth-order valence-electron chi connectivity index (χ4n) is 8.62. The maximum Gasteiger partial charge on any atom is 0.416 e. The summed E-state index contributed by atoms with van der Waals surface area (Å²) in [5.74, 6) is -0.455. The number of halogens is 3. The van der Waals surface area contributed by atoms with Crippen molar-refractivity contribution in [1.82, 2.24) is 19.3 Å². The van der Waals surface area contributed by atoms with E-state index in [4.69, 9.17) is 13.9 Å². The number of morpholine rings is 1. The van der Waals surface area contributed by atoms with Crippen molar-refractivity contribution >= 4 is 25.3 Å². The number of benzene rings is 4. The third kappa shape index (κ3) is 10.5. The van der Waals surface area contributed by atoms with Gasteiger partial charge in [-0.3, -0.25) is 14.6 Å². The van der Waals surface area contributed by atoms with Crippen molar-refractivity contribution in [2.24, 2.45) is 0 Å². The summed E-state index contributed by atoms with van der Waals surface area (Å²) in [6, 6.07) is 33.6. The topological polar surface area (TPSA) is 59.4 Å². The van der Waals surface area contributed by atoms with Gasteiger partial charge >= 0.3 is 6.18 Å². The molecule has 0 bridgehead atoms. The molecule has 0 radical (unpaired) electrons. The lowest BCUT2D eigenvalue weighted by Crippen LogP contribution is -2.60. The van der Waals surface area contributed by atoms with E-state index >= 15 is 4.79 Å². The van der Waals surface area contributed by atoms with Crippen molar-refractivity contribution in [3.63, 3.8) is 0 Å². The maximum absolute atomic E-state index is 15.1. The Bertz CT molecular complexity index is 2120. The number of alkyl halides is 3. The molecule has 318 valence electrons. The molecular weight excluding hydrogens is 782 g/mol. The number of rotatable bonds is 13. The van der Waals surface area contributed by atoms with E-state index in [1.807, 2.05) is 36.4 Å². The lowest BCUT2D eigenvalue weighted by molar-refractivity contribution is -0.137. The van der Waals surface area contributed by atoms with Gasteiger partial charge in [0.1, 0.15) is 0 Å². The summed E-state index contributed by atoms with van der Waals surface area (Å²) >= 11 is 0. The predicted octanol–water partition coefficient (Wildman–Crippen LogP) is 6.87. The second-order valence-corrected chi connectivity index (χ2v) is 19.4. The summed E-state index contributed by atoms with van der Waals surface area (Å²) in [5, 5.41) is 2.18. The summed E-state index contributed by atoms with van der Waals surface area (Å²) in [5.41, 5.74) is 2.47. The van der Waals surface area contributed by atoms with E-state index in [2.05, 4.69) is 80.0 Å². The summed E-state index contributed by atoms with van der Waals surface area (Å²) < 4.78 is 64.1. The van der Waals surface area contributed by atoms with Crippen LogP contribution in [0.15, 0.2) is 122 Å². The largest absolute Gasteiger partial charge is 0.416 e. The molecule has 2 aliphatic rings. The maximum atomic E-state index is 15.1. The Balaban J connectivity index is 1.33. The number of carbonyl (C=O) groups is 1. The van der Waals surface area contributed by atoms with E-state index in [9.17, 15) is 13.2 Å². The SMILES string of the molecule is COC[C@@H]1CN(CCN2CCN(C(=O)c3cc(-n4cccc4)cc(C(F)(F)F)c3)[C@@H](C(O[SiH](c3ccccc3)c3ccccc3)c3ccc(C)c(C(C)(C)C)c3)C2)CCO1. The van der Waals surface area contributed by atoms with E-state index in [-0.39, 0.29) is 22.8 Å². The van der Waals surface area contributed by atoms with Crippen LogP contribution in [0.2, 0.25) is 0 Å². The van der Waals surface area contributed by atoms with Gasteiger partial charge in [-0.2, -0.15) is 13.2 Å². The lowest BCUT2D eigenvalue weighted by atomic mass is 9.82. The van der Waals surface area contributed by atoms with Gasteiger partial charge in [-0.05, 0) is 69.7 Å². The molecule has 1 unspecified atom stereocenters. The highest BCUT2D eigenvalue weighted by molar-refractivity contribution is 6.80. The van der Waals surface area contributed by atoms with Gasteiger partial charge in [0.15, 0.2) is 0 Å². The first-order chi connectivity index (χ1) is 28.8. The van der Waals surface area contributed by atoms with Crippen molar-refractivity contribution in [2.45, 2.75) is 57.5 Å². The molecule has 60 heavy (non-hydrogen) atoms. The highest BCUT2D eigenvalue weighted by Crippen LogP contribution is 2.36. The first kappa shape index (κ1) is 43.5. The van der Waals surface area contributed by atoms with Crippen LogP contribution < -0.4 is 10.4 Å². The summed E-state index contributed by atoms with van der Waals surface area (Å²) in [4.78, 5) is 21.7. The third-order valence-corrected chi connectivity index (χ3v) is 14.2. The predicted molar refractivity (Wildman–Crippen MR) is 233 cm³/mol. The number of ether oxygens (including phenoxy) is 2. The van der Waals surface area contributed by atoms with Crippen molar-refractivity contribution in [1.29, 1.82) is 0 Å². The highest BCUT2D eigenvalue weighted by atomic mass is 28.3. The number of hydrogen-bond acceptors (Lipinski definition) is 6. The van der Waals surface area contributed by atoms with Crippen LogP contribution in [0.5, 0.6) is 0 Å². The quantitative estimate of drug-likeness (QED) is 0.121.